The number of rotatable bonds is 4. The van der Waals surface area contributed by atoms with Gasteiger partial charge in [-0.3, -0.25) is 0 Å². The Hall–Kier alpha value is -0.730. The van der Waals surface area contributed by atoms with Crippen LogP contribution in [0.5, 0.6) is 5.75 Å². The van der Waals surface area contributed by atoms with E-state index in [1.807, 2.05) is 12.1 Å². The molecule has 0 saturated carbocycles. The van der Waals surface area contributed by atoms with Crippen molar-refractivity contribution in [2.45, 2.75) is 0 Å². The summed E-state index contributed by atoms with van der Waals surface area (Å²) in [5, 5.41) is 4.64. The van der Waals surface area contributed by atoms with E-state index in [1.54, 1.807) is 19.2 Å². The molecule has 3 heteroatoms. The molecule has 1 aromatic rings. The Balaban J connectivity index is 2.37. The van der Waals surface area contributed by atoms with Crippen molar-refractivity contribution < 1.29 is 4.74 Å². The number of benzene rings is 1. The van der Waals surface area contributed by atoms with Crippen molar-refractivity contribution in [1.82, 2.24) is 0 Å². The van der Waals surface area contributed by atoms with Gasteiger partial charge in [0.15, 0.2) is 0 Å². The average Bonchev–Trinajstić information content (AvgIpc) is 2.09. The fourth-order valence-electron chi connectivity index (χ4n) is 0.786. The zero-order valence-corrected chi connectivity index (χ0v) is 7.71. The van der Waals surface area contributed by atoms with Gasteiger partial charge in [0.05, 0.1) is 6.61 Å². The Morgan fingerprint density at radius 3 is 2.58 bits per heavy atom. The van der Waals surface area contributed by atoms with Crippen molar-refractivity contribution in [3.05, 3.63) is 34.6 Å². The van der Waals surface area contributed by atoms with Gasteiger partial charge in [0.1, 0.15) is 5.75 Å². The Kier molecular flexibility index (Phi) is 3.91. The molecule has 0 amide bonds. The van der Waals surface area contributed by atoms with E-state index < -0.39 is 0 Å². The maximum Gasteiger partial charge on any atom is 0.119 e. The smallest absolute Gasteiger partial charge is 0.119 e. The van der Waals surface area contributed by atoms with Crippen molar-refractivity contribution in [1.29, 1.82) is 0 Å². The van der Waals surface area contributed by atoms with Gasteiger partial charge in [0, 0.05) is 5.02 Å². The van der Waals surface area contributed by atoms with E-state index >= 15 is 0 Å². The van der Waals surface area contributed by atoms with Gasteiger partial charge >= 0.3 is 0 Å². The minimum Gasteiger partial charge on any atom is -0.662 e. The maximum atomic E-state index is 5.70. The van der Waals surface area contributed by atoms with Crippen LogP contribution >= 0.6 is 11.6 Å². The molecule has 0 unspecified atom stereocenters. The predicted molar refractivity (Wildman–Crippen MR) is 51.1 cm³/mol. The number of hydrogen-bond donors (Lipinski definition) is 0. The standard InChI is InChI=1S/C9H11ClNO/c1-11-6-7-12-9-4-2-8(10)3-5-9/h2-5H,6-7H2,1H3/q-1. The van der Waals surface area contributed by atoms with Crippen LogP contribution in [0.1, 0.15) is 0 Å². The lowest BCUT2D eigenvalue weighted by Gasteiger charge is -2.11. The van der Waals surface area contributed by atoms with Gasteiger partial charge < -0.3 is 10.1 Å². The van der Waals surface area contributed by atoms with Gasteiger partial charge in [-0.1, -0.05) is 11.6 Å². The molecule has 0 aliphatic carbocycles. The molecule has 1 rings (SSSR count). The highest BCUT2D eigenvalue weighted by atomic mass is 35.5. The summed E-state index contributed by atoms with van der Waals surface area (Å²) in [5.74, 6) is 0.836. The quantitative estimate of drug-likeness (QED) is 0.660. The number of ether oxygens (including phenoxy) is 1. The van der Waals surface area contributed by atoms with Crippen molar-refractivity contribution in [3.63, 3.8) is 0 Å². The summed E-state index contributed by atoms with van der Waals surface area (Å²) in [6, 6.07) is 7.30. The molecule has 0 fully saturated rings. The second-order valence-corrected chi connectivity index (χ2v) is 2.78. The van der Waals surface area contributed by atoms with Gasteiger partial charge in [0.25, 0.3) is 0 Å². The van der Waals surface area contributed by atoms with Crippen LogP contribution in [-0.4, -0.2) is 20.2 Å². The van der Waals surface area contributed by atoms with E-state index in [9.17, 15) is 0 Å². The van der Waals surface area contributed by atoms with Gasteiger partial charge in [-0.2, -0.15) is 7.05 Å². The lowest BCUT2D eigenvalue weighted by atomic mass is 10.3. The molecule has 0 aliphatic heterocycles. The molecule has 0 aliphatic rings. The third kappa shape index (κ3) is 3.11. The average molecular weight is 185 g/mol. The van der Waals surface area contributed by atoms with Crippen LogP contribution < -0.4 is 4.74 Å². The van der Waals surface area contributed by atoms with E-state index in [0.29, 0.717) is 6.61 Å². The first kappa shape index (κ1) is 9.36. The molecule has 0 radical (unpaired) electrons. The second kappa shape index (κ2) is 5.01. The van der Waals surface area contributed by atoms with Crippen LogP contribution in [0.25, 0.3) is 5.32 Å². The summed E-state index contributed by atoms with van der Waals surface area (Å²) in [5.41, 5.74) is 0. The van der Waals surface area contributed by atoms with Crippen LogP contribution in [0.15, 0.2) is 24.3 Å². The molecule has 1 aromatic carbocycles. The molecule has 0 N–H and O–H groups in total. The molecule has 12 heavy (non-hydrogen) atoms. The van der Waals surface area contributed by atoms with Crippen molar-refractivity contribution in [2.24, 2.45) is 0 Å². The summed E-state index contributed by atoms with van der Waals surface area (Å²) in [6.45, 7) is 1.35. The fraction of sp³-hybridized carbons (Fsp3) is 0.333. The lowest BCUT2D eigenvalue weighted by molar-refractivity contribution is 0.335. The van der Waals surface area contributed by atoms with E-state index in [1.165, 1.54) is 0 Å². The largest absolute Gasteiger partial charge is 0.662 e. The van der Waals surface area contributed by atoms with Gasteiger partial charge in [0.2, 0.25) is 0 Å². The first-order valence-electron chi connectivity index (χ1n) is 3.77. The third-order valence-electron chi connectivity index (χ3n) is 1.40. The lowest BCUT2D eigenvalue weighted by Crippen LogP contribution is -2.00. The van der Waals surface area contributed by atoms with Gasteiger partial charge in [-0.05, 0) is 24.3 Å². The highest BCUT2D eigenvalue weighted by Gasteiger charge is 1.90. The van der Waals surface area contributed by atoms with E-state index in [4.69, 9.17) is 16.3 Å². The molecular formula is C9H11ClNO-. The van der Waals surface area contributed by atoms with E-state index in [0.717, 1.165) is 17.3 Å². The van der Waals surface area contributed by atoms with E-state index in [-0.39, 0.29) is 0 Å². The topological polar surface area (TPSA) is 23.3 Å². The molecule has 2 nitrogen and oxygen atoms in total. The first-order chi connectivity index (χ1) is 5.83. The van der Waals surface area contributed by atoms with Crippen molar-refractivity contribution in [2.75, 3.05) is 20.2 Å². The molecular weight excluding hydrogens is 174 g/mol. The maximum absolute atomic E-state index is 5.70. The van der Waals surface area contributed by atoms with Crippen LogP contribution in [0.2, 0.25) is 5.02 Å². The molecule has 66 valence electrons. The molecule has 0 aromatic heterocycles. The van der Waals surface area contributed by atoms with Gasteiger partial charge in [-0.25, -0.2) is 0 Å². The van der Waals surface area contributed by atoms with Crippen molar-refractivity contribution in [3.8, 4) is 5.75 Å². The summed E-state index contributed by atoms with van der Waals surface area (Å²) >= 11 is 5.70. The van der Waals surface area contributed by atoms with Crippen LogP contribution in [0.3, 0.4) is 0 Å². The van der Waals surface area contributed by atoms with Crippen molar-refractivity contribution >= 4 is 11.6 Å². The van der Waals surface area contributed by atoms with Crippen LogP contribution in [0.4, 0.5) is 0 Å². The minimum absolute atomic E-state index is 0.623. The van der Waals surface area contributed by atoms with E-state index in [2.05, 4.69) is 5.32 Å². The normalized spacial score (nSPS) is 9.83. The Morgan fingerprint density at radius 2 is 2.00 bits per heavy atom. The molecule has 0 atom stereocenters. The molecule has 0 heterocycles. The minimum atomic E-state index is 0.623. The number of halogens is 1. The Morgan fingerprint density at radius 1 is 1.33 bits per heavy atom. The zero-order chi connectivity index (χ0) is 8.81. The summed E-state index contributed by atoms with van der Waals surface area (Å²) in [4.78, 5) is 0. The monoisotopic (exact) mass is 184 g/mol. The van der Waals surface area contributed by atoms with Crippen LogP contribution in [0, 0.1) is 0 Å². The Bertz CT molecular complexity index is 222. The summed E-state index contributed by atoms with van der Waals surface area (Å²) in [7, 11) is 1.77. The fourth-order valence-corrected chi connectivity index (χ4v) is 0.912. The number of likely N-dealkylation sites (N-methyl/N-ethyl adjacent to an activating group) is 1. The molecule has 0 spiro atoms. The summed E-state index contributed by atoms with van der Waals surface area (Å²) in [6.07, 6.45) is 0. The SMILES string of the molecule is C[N-]CCOc1ccc(Cl)cc1. The van der Waals surface area contributed by atoms with Gasteiger partial charge in [-0.15, -0.1) is 6.54 Å². The zero-order valence-electron chi connectivity index (χ0n) is 6.96. The summed E-state index contributed by atoms with van der Waals surface area (Å²) < 4.78 is 5.35. The highest BCUT2D eigenvalue weighted by molar-refractivity contribution is 6.30. The molecule has 0 bridgehead atoms. The highest BCUT2D eigenvalue weighted by Crippen LogP contribution is 2.15. The predicted octanol–water partition coefficient (Wildman–Crippen LogP) is 2.72. The van der Waals surface area contributed by atoms with Crippen LogP contribution in [-0.2, 0) is 0 Å². The third-order valence-corrected chi connectivity index (χ3v) is 1.65. The number of nitrogens with zero attached hydrogens (tertiary/aromatic N) is 1. The molecule has 0 saturated heterocycles. The number of hydrogen-bond acceptors (Lipinski definition) is 1. The first-order valence-corrected chi connectivity index (χ1v) is 4.14. The Labute approximate surface area is 77.5 Å². The second-order valence-electron chi connectivity index (χ2n) is 2.34.